The molecule has 0 heterocycles. The lowest BCUT2D eigenvalue weighted by atomic mass is 9.77. The molecule has 0 aromatic heterocycles. The zero-order valence-corrected chi connectivity index (χ0v) is 28.0. The van der Waals surface area contributed by atoms with E-state index in [1.54, 1.807) is 0 Å². The van der Waals surface area contributed by atoms with Crippen LogP contribution in [0.3, 0.4) is 0 Å². The summed E-state index contributed by atoms with van der Waals surface area (Å²) in [5.74, 6) is 0.250. The van der Waals surface area contributed by atoms with E-state index in [1.807, 2.05) is 6.92 Å². The molecule has 238 valence electrons. The zero-order valence-electron chi connectivity index (χ0n) is 28.0. The Morgan fingerprint density at radius 3 is 1.02 bits per heavy atom. The number of unbranched alkanes of at least 4 members (excludes halogenated alkanes) is 25. The molecule has 0 aliphatic heterocycles. The number of carbonyl (C=O) groups is 2. The minimum Gasteiger partial charge on any atom is -0.303 e. The van der Waals surface area contributed by atoms with E-state index in [-0.39, 0.29) is 11.3 Å². The predicted octanol–water partition coefficient (Wildman–Crippen LogP) is 13.1. The Kier molecular flexibility index (Phi) is 30.8. The molecule has 0 fully saturated rings. The van der Waals surface area contributed by atoms with Crippen molar-refractivity contribution in [3.8, 4) is 0 Å². The minimum atomic E-state index is -0.0360. The SMILES string of the molecule is CCCCCCCCCCCCCCCC(C=O)(CC)CCCCCCCCCCCCCCCCC(C)C=O. The maximum absolute atomic E-state index is 12.0. The molecule has 0 amide bonds. The van der Waals surface area contributed by atoms with Crippen LogP contribution in [0.25, 0.3) is 0 Å². The summed E-state index contributed by atoms with van der Waals surface area (Å²) in [6.45, 7) is 6.55. The molecule has 0 saturated heterocycles. The number of aldehydes is 2. The molecule has 0 aromatic carbocycles. The van der Waals surface area contributed by atoms with E-state index in [0.717, 1.165) is 32.0 Å². The van der Waals surface area contributed by atoms with Crippen molar-refractivity contribution in [1.82, 2.24) is 0 Å². The average molecular weight is 563 g/mol. The molecule has 0 aliphatic carbocycles. The van der Waals surface area contributed by atoms with Gasteiger partial charge in [-0.1, -0.05) is 194 Å². The Balaban J connectivity index is 3.53. The van der Waals surface area contributed by atoms with Gasteiger partial charge in [-0.3, -0.25) is 0 Å². The highest BCUT2D eigenvalue weighted by atomic mass is 16.1. The van der Waals surface area contributed by atoms with Gasteiger partial charge in [0.05, 0.1) is 0 Å². The van der Waals surface area contributed by atoms with E-state index in [4.69, 9.17) is 0 Å². The number of hydrogen-bond donors (Lipinski definition) is 0. The highest BCUT2D eigenvalue weighted by Crippen LogP contribution is 2.33. The standard InChI is InChI=1S/C38H74O2/c1-4-6-7-8-9-10-11-15-18-21-24-27-30-33-38(5-2,36-40)34-31-28-25-22-19-16-13-12-14-17-20-23-26-29-32-37(3)35-39/h35-37H,4-34H2,1-3H3. The van der Waals surface area contributed by atoms with Crippen LogP contribution in [0.2, 0.25) is 0 Å². The molecular weight excluding hydrogens is 488 g/mol. The largest absolute Gasteiger partial charge is 0.303 e. The molecule has 2 nitrogen and oxygen atoms in total. The van der Waals surface area contributed by atoms with Crippen LogP contribution in [0.15, 0.2) is 0 Å². The molecule has 0 N–H and O–H groups in total. The summed E-state index contributed by atoms with van der Waals surface area (Å²) in [6, 6.07) is 0. The summed E-state index contributed by atoms with van der Waals surface area (Å²) in [7, 11) is 0. The summed E-state index contributed by atoms with van der Waals surface area (Å²) in [5, 5.41) is 0. The minimum absolute atomic E-state index is 0.0360. The lowest BCUT2D eigenvalue weighted by molar-refractivity contribution is -0.117. The van der Waals surface area contributed by atoms with E-state index in [2.05, 4.69) is 13.8 Å². The maximum Gasteiger partial charge on any atom is 0.126 e. The second kappa shape index (κ2) is 31.3. The Hall–Kier alpha value is -0.660. The first-order chi connectivity index (χ1) is 19.6. The van der Waals surface area contributed by atoms with Crippen LogP contribution in [-0.4, -0.2) is 12.6 Å². The normalized spacial score (nSPS) is 13.8. The van der Waals surface area contributed by atoms with Gasteiger partial charge in [0.15, 0.2) is 0 Å². The van der Waals surface area contributed by atoms with Crippen molar-refractivity contribution in [3.63, 3.8) is 0 Å². The van der Waals surface area contributed by atoms with Gasteiger partial charge in [-0.15, -0.1) is 0 Å². The smallest absolute Gasteiger partial charge is 0.126 e. The lowest BCUT2D eigenvalue weighted by Gasteiger charge is -2.26. The quantitative estimate of drug-likeness (QED) is 0.0577. The fourth-order valence-corrected chi connectivity index (χ4v) is 6.31. The molecule has 2 unspecified atom stereocenters. The van der Waals surface area contributed by atoms with Crippen molar-refractivity contribution < 1.29 is 9.59 Å². The summed E-state index contributed by atoms with van der Waals surface area (Å²) in [6.07, 6.45) is 43.7. The molecule has 0 bridgehead atoms. The average Bonchev–Trinajstić information content (AvgIpc) is 2.98. The van der Waals surface area contributed by atoms with Crippen molar-refractivity contribution in [2.24, 2.45) is 11.3 Å². The zero-order chi connectivity index (χ0) is 29.4. The van der Waals surface area contributed by atoms with Crippen molar-refractivity contribution in [2.45, 2.75) is 220 Å². The molecular formula is C38H74O2. The van der Waals surface area contributed by atoms with Crippen molar-refractivity contribution in [2.75, 3.05) is 0 Å². The lowest BCUT2D eigenvalue weighted by Crippen LogP contribution is -2.21. The maximum atomic E-state index is 12.0. The Labute approximate surface area is 253 Å². The molecule has 2 heteroatoms. The third-order valence-electron chi connectivity index (χ3n) is 9.55. The summed E-state index contributed by atoms with van der Waals surface area (Å²) < 4.78 is 0. The van der Waals surface area contributed by atoms with Gasteiger partial charge in [0, 0.05) is 11.3 Å². The molecule has 0 saturated carbocycles. The van der Waals surface area contributed by atoms with Gasteiger partial charge >= 0.3 is 0 Å². The second-order valence-corrected chi connectivity index (χ2v) is 13.4. The van der Waals surface area contributed by atoms with Crippen LogP contribution >= 0.6 is 0 Å². The van der Waals surface area contributed by atoms with E-state index in [0.29, 0.717) is 0 Å². The summed E-state index contributed by atoms with van der Waals surface area (Å²) in [4.78, 5) is 22.6. The first-order valence-electron chi connectivity index (χ1n) is 18.6. The fraction of sp³-hybridized carbons (Fsp3) is 0.947. The Morgan fingerprint density at radius 2 is 0.750 bits per heavy atom. The van der Waals surface area contributed by atoms with Gasteiger partial charge in [0.25, 0.3) is 0 Å². The Morgan fingerprint density at radius 1 is 0.450 bits per heavy atom. The van der Waals surface area contributed by atoms with E-state index < -0.39 is 0 Å². The van der Waals surface area contributed by atoms with Crippen molar-refractivity contribution in [1.29, 1.82) is 0 Å². The topological polar surface area (TPSA) is 34.1 Å². The van der Waals surface area contributed by atoms with Gasteiger partial charge < -0.3 is 9.59 Å². The third-order valence-corrected chi connectivity index (χ3v) is 9.55. The van der Waals surface area contributed by atoms with Gasteiger partial charge in [-0.2, -0.15) is 0 Å². The number of hydrogen-bond acceptors (Lipinski definition) is 2. The van der Waals surface area contributed by atoms with Crippen molar-refractivity contribution in [3.05, 3.63) is 0 Å². The Bertz CT molecular complexity index is 516. The van der Waals surface area contributed by atoms with Crippen molar-refractivity contribution >= 4 is 12.6 Å². The molecule has 0 radical (unpaired) electrons. The van der Waals surface area contributed by atoms with Gasteiger partial charge in [0.1, 0.15) is 12.6 Å². The molecule has 0 rings (SSSR count). The predicted molar refractivity (Wildman–Crippen MR) is 178 cm³/mol. The summed E-state index contributed by atoms with van der Waals surface area (Å²) >= 11 is 0. The highest BCUT2D eigenvalue weighted by Gasteiger charge is 2.26. The first-order valence-corrected chi connectivity index (χ1v) is 18.6. The van der Waals surface area contributed by atoms with Gasteiger partial charge in [0.2, 0.25) is 0 Å². The molecule has 0 aromatic rings. The second-order valence-electron chi connectivity index (χ2n) is 13.4. The molecule has 0 aliphatic rings. The van der Waals surface area contributed by atoms with Gasteiger partial charge in [-0.25, -0.2) is 0 Å². The molecule has 2 atom stereocenters. The molecule has 0 spiro atoms. The first kappa shape index (κ1) is 39.3. The van der Waals surface area contributed by atoms with Crippen LogP contribution in [0.1, 0.15) is 220 Å². The molecule has 40 heavy (non-hydrogen) atoms. The van der Waals surface area contributed by atoms with Crippen LogP contribution in [0, 0.1) is 11.3 Å². The highest BCUT2D eigenvalue weighted by molar-refractivity contribution is 5.59. The number of rotatable bonds is 34. The van der Waals surface area contributed by atoms with E-state index in [1.165, 1.54) is 180 Å². The van der Waals surface area contributed by atoms with Crippen LogP contribution in [0.4, 0.5) is 0 Å². The third kappa shape index (κ3) is 26.3. The fourth-order valence-electron chi connectivity index (χ4n) is 6.31. The number of carbonyl (C=O) groups excluding carboxylic acids is 2. The van der Waals surface area contributed by atoms with Crippen LogP contribution < -0.4 is 0 Å². The summed E-state index contributed by atoms with van der Waals surface area (Å²) in [5.41, 5.74) is -0.0360. The van der Waals surface area contributed by atoms with E-state index >= 15 is 0 Å². The van der Waals surface area contributed by atoms with E-state index in [9.17, 15) is 9.59 Å². The van der Waals surface area contributed by atoms with Crippen LogP contribution in [-0.2, 0) is 9.59 Å². The monoisotopic (exact) mass is 563 g/mol. The van der Waals surface area contributed by atoms with Crippen LogP contribution in [0.5, 0.6) is 0 Å². The van der Waals surface area contributed by atoms with Gasteiger partial charge in [-0.05, 0) is 25.7 Å².